The van der Waals surface area contributed by atoms with Crippen molar-refractivity contribution in [3.05, 3.63) is 30.6 Å². The monoisotopic (exact) mass is 250 g/mol. The summed E-state index contributed by atoms with van der Waals surface area (Å²) >= 11 is 1.59. The Hall–Kier alpha value is -1.62. The van der Waals surface area contributed by atoms with E-state index >= 15 is 0 Å². The molecule has 90 valence electrons. The topological polar surface area (TPSA) is 36.3 Å². The van der Waals surface area contributed by atoms with E-state index in [1.165, 1.54) is 0 Å². The van der Waals surface area contributed by atoms with E-state index in [4.69, 9.17) is 9.47 Å². The fourth-order valence-electron chi connectivity index (χ4n) is 1.44. The minimum atomic E-state index is 0.728. The first-order chi connectivity index (χ1) is 8.24. The van der Waals surface area contributed by atoms with Crippen LogP contribution in [0.1, 0.15) is 0 Å². The SMILES string of the molecule is COc1ccc(Sc2nccn2C)cc1OC. The maximum atomic E-state index is 5.26. The van der Waals surface area contributed by atoms with Crippen LogP contribution < -0.4 is 9.47 Å². The molecule has 0 atom stereocenters. The molecule has 1 heterocycles. The molecule has 5 heteroatoms. The molecule has 1 aromatic carbocycles. The quantitative estimate of drug-likeness (QED) is 0.835. The molecule has 0 saturated carbocycles. The van der Waals surface area contributed by atoms with Crippen LogP contribution in [0.25, 0.3) is 0 Å². The lowest BCUT2D eigenvalue weighted by Gasteiger charge is -2.09. The molecule has 2 rings (SSSR count). The van der Waals surface area contributed by atoms with E-state index in [1.807, 2.05) is 36.0 Å². The molecule has 0 amide bonds. The van der Waals surface area contributed by atoms with E-state index in [0.29, 0.717) is 0 Å². The lowest BCUT2D eigenvalue weighted by atomic mass is 10.3. The van der Waals surface area contributed by atoms with E-state index < -0.39 is 0 Å². The van der Waals surface area contributed by atoms with Crippen LogP contribution in [0, 0.1) is 0 Å². The first-order valence-corrected chi connectivity index (χ1v) is 5.93. The predicted molar refractivity (Wildman–Crippen MR) is 66.9 cm³/mol. The highest BCUT2D eigenvalue weighted by atomic mass is 32.2. The number of benzene rings is 1. The van der Waals surface area contributed by atoms with Crippen LogP contribution in [0.15, 0.2) is 40.6 Å². The molecule has 0 N–H and O–H groups in total. The summed E-state index contributed by atoms with van der Waals surface area (Å²) in [5.41, 5.74) is 0. The number of nitrogens with zero attached hydrogens (tertiary/aromatic N) is 2. The van der Waals surface area contributed by atoms with Crippen molar-refractivity contribution >= 4 is 11.8 Å². The Morgan fingerprint density at radius 3 is 2.53 bits per heavy atom. The van der Waals surface area contributed by atoms with Gasteiger partial charge >= 0.3 is 0 Å². The summed E-state index contributed by atoms with van der Waals surface area (Å²) in [6, 6.07) is 5.82. The van der Waals surface area contributed by atoms with E-state index in [2.05, 4.69) is 4.98 Å². The van der Waals surface area contributed by atoms with Crippen molar-refractivity contribution in [2.24, 2.45) is 7.05 Å². The number of hydrogen-bond donors (Lipinski definition) is 0. The molecule has 1 aromatic heterocycles. The van der Waals surface area contributed by atoms with Gasteiger partial charge < -0.3 is 14.0 Å². The summed E-state index contributed by atoms with van der Waals surface area (Å²) in [7, 11) is 5.23. The second-order valence-electron chi connectivity index (χ2n) is 3.44. The third kappa shape index (κ3) is 2.55. The van der Waals surface area contributed by atoms with Crippen molar-refractivity contribution in [2.45, 2.75) is 10.1 Å². The molecule has 0 saturated heterocycles. The van der Waals surface area contributed by atoms with Gasteiger partial charge in [-0.05, 0) is 18.2 Å². The summed E-state index contributed by atoms with van der Waals surface area (Å²) in [5, 5.41) is 0.942. The fraction of sp³-hybridized carbons (Fsp3) is 0.250. The average Bonchev–Trinajstić information content (AvgIpc) is 2.75. The van der Waals surface area contributed by atoms with Crippen molar-refractivity contribution in [1.82, 2.24) is 9.55 Å². The highest BCUT2D eigenvalue weighted by Crippen LogP contribution is 2.34. The number of aryl methyl sites for hydroxylation is 1. The fourth-order valence-corrected chi connectivity index (χ4v) is 2.27. The Labute approximate surface area is 105 Å². The molecule has 0 bridgehead atoms. The van der Waals surface area contributed by atoms with Crippen molar-refractivity contribution in [2.75, 3.05) is 14.2 Å². The number of aromatic nitrogens is 2. The van der Waals surface area contributed by atoms with E-state index in [9.17, 15) is 0 Å². The minimum absolute atomic E-state index is 0.728. The number of rotatable bonds is 4. The number of imidazole rings is 1. The van der Waals surface area contributed by atoms with Crippen molar-refractivity contribution in [3.8, 4) is 11.5 Å². The molecule has 0 aliphatic heterocycles. The molecule has 2 aromatic rings. The molecule has 17 heavy (non-hydrogen) atoms. The smallest absolute Gasteiger partial charge is 0.172 e. The molecular formula is C12H14N2O2S. The molecule has 4 nitrogen and oxygen atoms in total. The van der Waals surface area contributed by atoms with Gasteiger partial charge in [-0.3, -0.25) is 0 Å². The third-order valence-electron chi connectivity index (χ3n) is 2.34. The molecule has 0 radical (unpaired) electrons. The van der Waals surface area contributed by atoms with Crippen LogP contribution >= 0.6 is 11.8 Å². The van der Waals surface area contributed by atoms with Gasteiger partial charge in [0.05, 0.1) is 14.2 Å². The molecule has 0 fully saturated rings. The van der Waals surface area contributed by atoms with Gasteiger partial charge in [0, 0.05) is 24.3 Å². The zero-order valence-electron chi connectivity index (χ0n) is 10.0. The lowest BCUT2D eigenvalue weighted by Crippen LogP contribution is -1.91. The maximum Gasteiger partial charge on any atom is 0.172 e. The second kappa shape index (κ2) is 5.14. The van der Waals surface area contributed by atoms with Crippen molar-refractivity contribution in [1.29, 1.82) is 0 Å². The van der Waals surface area contributed by atoms with Gasteiger partial charge in [-0.25, -0.2) is 4.98 Å². The standard InChI is InChI=1S/C12H14N2O2S/c1-14-7-6-13-12(14)17-9-4-5-10(15-2)11(8-9)16-3/h4-8H,1-3H3. The predicted octanol–water partition coefficient (Wildman–Crippen LogP) is 2.59. The second-order valence-corrected chi connectivity index (χ2v) is 4.48. The van der Waals surface area contributed by atoms with Crippen LogP contribution in [0.3, 0.4) is 0 Å². The highest BCUT2D eigenvalue weighted by molar-refractivity contribution is 7.99. The first-order valence-electron chi connectivity index (χ1n) is 5.12. The molecule has 0 spiro atoms. The largest absolute Gasteiger partial charge is 0.493 e. The van der Waals surface area contributed by atoms with E-state index in [0.717, 1.165) is 21.6 Å². The summed E-state index contributed by atoms with van der Waals surface area (Å²) in [4.78, 5) is 5.33. The van der Waals surface area contributed by atoms with Gasteiger partial charge in [0.15, 0.2) is 16.7 Å². The summed E-state index contributed by atoms with van der Waals surface area (Å²) in [6.45, 7) is 0. The molecule has 0 aliphatic rings. The van der Waals surface area contributed by atoms with Crippen LogP contribution in [-0.4, -0.2) is 23.8 Å². The molecule has 0 unspecified atom stereocenters. The summed E-state index contributed by atoms with van der Waals surface area (Å²) in [5.74, 6) is 1.46. The van der Waals surface area contributed by atoms with Crippen molar-refractivity contribution < 1.29 is 9.47 Å². The first kappa shape index (κ1) is 11.9. The average molecular weight is 250 g/mol. The zero-order chi connectivity index (χ0) is 12.3. The van der Waals surface area contributed by atoms with Crippen molar-refractivity contribution in [3.63, 3.8) is 0 Å². The Balaban J connectivity index is 2.25. The molecular weight excluding hydrogens is 236 g/mol. The van der Waals surface area contributed by atoms with E-state index in [-0.39, 0.29) is 0 Å². The minimum Gasteiger partial charge on any atom is -0.493 e. The lowest BCUT2D eigenvalue weighted by molar-refractivity contribution is 0.354. The Kier molecular flexibility index (Phi) is 3.58. The van der Waals surface area contributed by atoms with Crippen LogP contribution in [-0.2, 0) is 7.05 Å². The van der Waals surface area contributed by atoms with Gasteiger partial charge in [-0.2, -0.15) is 0 Å². The molecule has 0 aliphatic carbocycles. The van der Waals surface area contributed by atoms with Gasteiger partial charge in [0.25, 0.3) is 0 Å². The van der Waals surface area contributed by atoms with Crippen LogP contribution in [0.4, 0.5) is 0 Å². The Morgan fingerprint density at radius 2 is 1.94 bits per heavy atom. The number of ether oxygens (including phenoxy) is 2. The zero-order valence-corrected chi connectivity index (χ0v) is 10.8. The third-order valence-corrected chi connectivity index (χ3v) is 3.41. The van der Waals surface area contributed by atoms with Crippen LogP contribution in [0.2, 0.25) is 0 Å². The van der Waals surface area contributed by atoms with Crippen LogP contribution in [0.5, 0.6) is 11.5 Å². The summed E-state index contributed by atoms with van der Waals surface area (Å²) in [6.07, 6.45) is 3.70. The Bertz CT molecular complexity index is 511. The van der Waals surface area contributed by atoms with Gasteiger partial charge in [-0.1, -0.05) is 11.8 Å². The maximum absolute atomic E-state index is 5.26. The summed E-state index contributed by atoms with van der Waals surface area (Å²) < 4.78 is 12.4. The number of hydrogen-bond acceptors (Lipinski definition) is 4. The van der Waals surface area contributed by atoms with Gasteiger partial charge in [0.1, 0.15) is 0 Å². The Morgan fingerprint density at radius 1 is 1.18 bits per heavy atom. The van der Waals surface area contributed by atoms with Gasteiger partial charge in [-0.15, -0.1) is 0 Å². The normalized spacial score (nSPS) is 10.3. The highest BCUT2D eigenvalue weighted by Gasteiger charge is 2.07. The van der Waals surface area contributed by atoms with Gasteiger partial charge in [0.2, 0.25) is 0 Å². The number of methoxy groups -OCH3 is 2. The van der Waals surface area contributed by atoms with E-state index in [1.54, 1.807) is 32.2 Å².